The lowest BCUT2D eigenvalue weighted by atomic mass is 9.51. The minimum absolute atomic E-state index is 0.0410. The van der Waals surface area contributed by atoms with Crippen molar-refractivity contribution in [3.63, 3.8) is 0 Å². The Hall–Kier alpha value is -1.99. The molecule has 1 heterocycles. The fourth-order valence-electron chi connectivity index (χ4n) is 4.00. The van der Waals surface area contributed by atoms with Crippen molar-refractivity contribution < 1.29 is 13.9 Å². The van der Waals surface area contributed by atoms with Crippen LogP contribution in [0.4, 0.5) is 0 Å². The average Bonchev–Trinajstić information content (AvgIpc) is 2.99. The van der Waals surface area contributed by atoms with Gasteiger partial charge in [-0.15, -0.1) is 5.10 Å². The Bertz CT molecular complexity index is 823. The monoisotopic (exact) mass is 359 g/mol. The van der Waals surface area contributed by atoms with Crippen molar-refractivity contribution in [2.24, 2.45) is 5.41 Å². The first-order valence-corrected chi connectivity index (χ1v) is 9.11. The van der Waals surface area contributed by atoms with Crippen LogP contribution in [0, 0.1) is 10.3 Å². The zero-order valence-corrected chi connectivity index (χ0v) is 14.9. The van der Waals surface area contributed by atoms with Gasteiger partial charge in [-0.25, -0.2) is 5.10 Å². The van der Waals surface area contributed by atoms with E-state index >= 15 is 0 Å². The summed E-state index contributed by atoms with van der Waals surface area (Å²) in [6, 6.07) is 7.40. The summed E-state index contributed by atoms with van der Waals surface area (Å²) in [7, 11) is 0. The van der Waals surface area contributed by atoms with Crippen molar-refractivity contribution >= 4 is 18.1 Å². The summed E-state index contributed by atoms with van der Waals surface area (Å²) in [4.78, 5) is 12.8. The van der Waals surface area contributed by atoms with Gasteiger partial charge in [0.1, 0.15) is 0 Å². The number of carbonyl (C=O) groups is 1. The number of hydrogen-bond acceptors (Lipinski definition) is 5. The van der Waals surface area contributed by atoms with Gasteiger partial charge < -0.3 is 14.5 Å². The third-order valence-corrected chi connectivity index (χ3v) is 5.75. The number of rotatable bonds is 5. The first-order chi connectivity index (χ1) is 12.1. The second kappa shape index (κ2) is 6.38. The van der Waals surface area contributed by atoms with Gasteiger partial charge in [-0.3, -0.25) is 4.79 Å². The average molecular weight is 359 g/mol. The van der Waals surface area contributed by atoms with Gasteiger partial charge >= 0.3 is 0 Å². The highest BCUT2D eigenvalue weighted by molar-refractivity contribution is 7.71. The number of H-pyrrole nitrogens is 1. The molecule has 7 heteroatoms. The molecule has 2 aromatic rings. The Kier molecular flexibility index (Phi) is 4.21. The number of benzene rings is 1. The molecule has 2 atom stereocenters. The van der Waals surface area contributed by atoms with Gasteiger partial charge in [-0.2, -0.15) is 0 Å². The fourth-order valence-corrected chi connectivity index (χ4v) is 4.12. The van der Waals surface area contributed by atoms with E-state index in [9.17, 15) is 4.79 Å². The summed E-state index contributed by atoms with van der Waals surface area (Å²) >= 11 is 4.87. The maximum atomic E-state index is 12.6. The number of nitrogens with one attached hydrogen (secondary N) is 2. The molecule has 0 aliphatic heterocycles. The molecule has 2 fully saturated rings. The highest BCUT2D eigenvalue weighted by Gasteiger charge is 2.59. The van der Waals surface area contributed by atoms with Crippen LogP contribution in [0.15, 0.2) is 28.7 Å². The summed E-state index contributed by atoms with van der Waals surface area (Å²) in [6.45, 7) is 2.76. The number of aromatic amines is 1. The first-order valence-electron chi connectivity index (χ1n) is 8.71. The maximum Gasteiger partial charge on any atom is 0.284 e. The normalized spacial score (nSPS) is 23.7. The molecule has 2 aliphatic rings. The second-order valence-corrected chi connectivity index (χ2v) is 7.16. The molecule has 2 aliphatic carbocycles. The number of nitrogens with zero attached hydrogens (tertiary/aromatic N) is 1. The van der Waals surface area contributed by atoms with E-state index in [1.165, 1.54) is 6.42 Å². The Labute approximate surface area is 151 Å². The van der Waals surface area contributed by atoms with E-state index in [1.807, 2.05) is 19.1 Å². The molecule has 6 nitrogen and oxygen atoms in total. The van der Waals surface area contributed by atoms with Crippen molar-refractivity contribution in [3.05, 3.63) is 34.7 Å². The summed E-state index contributed by atoms with van der Waals surface area (Å²) in [5.74, 6) is 0.379. The number of aromatic nitrogens is 2. The molecule has 1 amide bonds. The highest BCUT2D eigenvalue weighted by Crippen LogP contribution is 2.57. The fraction of sp³-hybridized carbons (Fsp3) is 0.500. The molecule has 4 rings (SSSR count). The van der Waals surface area contributed by atoms with Crippen LogP contribution in [-0.2, 0) is 4.74 Å². The van der Waals surface area contributed by atoms with Crippen LogP contribution in [-0.4, -0.2) is 34.9 Å². The number of carbonyl (C=O) groups excluding carboxylic acids is 1. The predicted molar refractivity (Wildman–Crippen MR) is 94.7 cm³/mol. The van der Waals surface area contributed by atoms with Crippen molar-refractivity contribution in [2.45, 2.75) is 44.8 Å². The van der Waals surface area contributed by atoms with Crippen molar-refractivity contribution in [1.29, 1.82) is 0 Å². The van der Waals surface area contributed by atoms with Gasteiger partial charge in [0, 0.05) is 29.2 Å². The number of hydrogen-bond donors (Lipinski definition) is 2. The third kappa shape index (κ3) is 2.81. The van der Waals surface area contributed by atoms with Crippen molar-refractivity contribution in [3.8, 4) is 11.5 Å². The van der Waals surface area contributed by atoms with E-state index in [0.29, 0.717) is 17.6 Å². The topological polar surface area (TPSA) is 80.1 Å². The lowest BCUT2D eigenvalue weighted by Gasteiger charge is -2.61. The Morgan fingerprint density at radius 3 is 2.76 bits per heavy atom. The molecule has 2 saturated carbocycles. The smallest absolute Gasteiger partial charge is 0.284 e. The van der Waals surface area contributed by atoms with Gasteiger partial charge in [0.25, 0.3) is 10.7 Å². The molecule has 0 bridgehead atoms. The van der Waals surface area contributed by atoms with Crippen LogP contribution in [0.1, 0.15) is 43.0 Å². The summed E-state index contributed by atoms with van der Waals surface area (Å²) in [6.07, 6.45) is 4.72. The van der Waals surface area contributed by atoms with Gasteiger partial charge in [0.2, 0.25) is 5.89 Å². The van der Waals surface area contributed by atoms with E-state index in [2.05, 4.69) is 15.5 Å². The van der Waals surface area contributed by atoms with Crippen molar-refractivity contribution in [2.75, 3.05) is 6.61 Å². The van der Waals surface area contributed by atoms with Crippen molar-refractivity contribution in [1.82, 2.24) is 15.5 Å². The quantitative estimate of drug-likeness (QED) is 0.799. The van der Waals surface area contributed by atoms with Gasteiger partial charge in [0.15, 0.2) is 0 Å². The van der Waals surface area contributed by atoms with Gasteiger partial charge in [-0.05, 0) is 62.7 Å². The zero-order chi connectivity index (χ0) is 17.4. The van der Waals surface area contributed by atoms with E-state index in [0.717, 1.165) is 31.4 Å². The van der Waals surface area contributed by atoms with Gasteiger partial charge in [0.05, 0.1) is 6.10 Å². The minimum atomic E-state index is -0.0410. The second-order valence-electron chi connectivity index (χ2n) is 6.79. The van der Waals surface area contributed by atoms with Crippen LogP contribution in [0.25, 0.3) is 11.5 Å². The molecule has 0 radical (unpaired) electrons. The number of ether oxygens (including phenoxy) is 1. The molecule has 132 valence electrons. The van der Waals surface area contributed by atoms with Crippen LogP contribution in [0.5, 0.6) is 0 Å². The maximum absolute atomic E-state index is 12.6. The standard InChI is InChI=1S/C18H21N3O3S/c1-2-23-14-10-13(18(14)8-3-9-18)19-15(22)11-4-6-12(7-5-11)16-20-21-17(25)24-16/h4-7,13-14H,2-3,8-10H2,1H3,(H,19,22)(H,21,25). The van der Waals surface area contributed by atoms with Crippen LogP contribution in [0.2, 0.25) is 0 Å². The van der Waals surface area contributed by atoms with Crippen LogP contribution >= 0.6 is 12.2 Å². The van der Waals surface area contributed by atoms with E-state index in [4.69, 9.17) is 21.4 Å². The molecular formula is C18H21N3O3S. The van der Waals surface area contributed by atoms with Crippen LogP contribution in [0.3, 0.4) is 0 Å². The molecule has 1 aromatic carbocycles. The van der Waals surface area contributed by atoms with E-state index in [-0.39, 0.29) is 22.2 Å². The lowest BCUT2D eigenvalue weighted by molar-refractivity contribution is -0.169. The summed E-state index contributed by atoms with van der Waals surface area (Å²) in [5.41, 5.74) is 1.57. The summed E-state index contributed by atoms with van der Waals surface area (Å²) < 4.78 is 11.1. The van der Waals surface area contributed by atoms with Crippen LogP contribution < -0.4 is 5.32 Å². The third-order valence-electron chi connectivity index (χ3n) is 5.57. The lowest BCUT2D eigenvalue weighted by Crippen LogP contribution is -2.67. The SMILES string of the molecule is CCOC1CC(NC(=O)c2ccc(-c3n[nH]c(=S)o3)cc2)C12CCC2. The molecule has 1 aromatic heterocycles. The minimum Gasteiger partial charge on any atom is -0.409 e. The molecule has 1 spiro atoms. The highest BCUT2D eigenvalue weighted by atomic mass is 32.1. The first kappa shape index (κ1) is 16.5. The predicted octanol–water partition coefficient (Wildman–Crippen LogP) is 3.48. The largest absolute Gasteiger partial charge is 0.409 e. The Morgan fingerprint density at radius 2 is 2.20 bits per heavy atom. The summed E-state index contributed by atoms with van der Waals surface area (Å²) in [5, 5.41) is 9.77. The molecule has 25 heavy (non-hydrogen) atoms. The molecule has 2 N–H and O–H groups in total. The Morgan fingerprint density at radius 1 is 1.44 bits per heavy atom. The Balaban J connectivity index is 1.42. The van der Waals surface area contributed by atoms with E-state index < -0.39 is 0 Å². The molecule has 2 unspecified atom stereocenters. The number of amides is 1. The zero-order valence-electron chi connectivity index (χ0n) is 14.1. The van der Waals surface area contributed by atoms with E-state index in [1.54, 1.807) is 12.1 Å². The van der Waals surface area contributed by atoms with Gasteiger partial charge in [-0.1, -0.05) is 6.42 Å². The molecular weight excluding hydrogens is 338 g/mol. The molecule has 0 saturated heterocycles.